The van der Waals surface area contributed by atoms with Crippen molar-refractivity contribution >= 4 is 54.2 Å². The van der Waals surface area contributed by atoms with E-state index in [9.17, 15) is 17.6 Å². The van der Waals surface area contributed by atoms with Gasteiger partial charge in [-0.05, 0) is 67.8 Å². The van der Waals surface area contributed by atoms with Gasteiger partial charge in [0.05, 0.1) is 32.4 Å². The summed E-state index contributed by atoms with van der Waals surface area (Å²) in [5.74, 6) is -1.01. The first-order valence-corrected chi connectivity index (χ1v) is 14.4. The Morgan fingerprint density at radius 1 is 1.14 bits per heavy atom. The number of piperidine rings is 1. The number of benzene rings is 2. The summed E-state index contributed by atoms with van der Waals surface area (Å²) in [6.45, 7) is 2.57. The summed E-state index contributed by atoms with van der Waals surface area (Å²) in [6, 6.07) is 14.0. The van der Waals surface area contributed by atoms with Crippen LogP contribution in [0.5, 0.6) is 0 Å². The van der Waals surface area contributed by atoms with Crippen LogP contribution in [0, 0.1) is 18.7 Å². The van der Waals surface area contributed by atoms with E-state index in [2.05, 4.69) is 4.98 Å². The molecular weight excluding hydrogens is 535 g/mol. The number of rotatable bonds is 6. The van der Waals surface area contributed by atoms with E-state index in [0.717, 1.165) is 27.9 Å². The first-order valence-electron chi connectivity index (χ1n) is 11.8. The quantitative estimate of drug-likeness (QED) is 0.315. The predicted molar refractivity (Wildman–Crippen MR) is 143 cm³/mol. The third-order valence-electron chi connectivity index (χ3n) is 6.48. The van der Waals surface area contributed by atoms with Gasteiger partial charge in [-0.15, -0.1) is 0 Å². The van der Waals surface area contributed by atoms with Crippen molar-refractivity contribution in [3.63, 3.8) is 0 Å². The average molecular weight is 559 g/mol. The molecule has 0 N–H and O–H groups in total. The summed E-state index contributed by atoms with van der Waals surface area (Å²) in [5.41, 5.74) is 2.44. The SMILES string of the molecule is Cc1ccc(Cl)c2sc(N(Cc3ccccn3)C(=O)C3CCN(S(=O)(=O)c4ccc(F)cc4)CC3)nc12. The van der Waals surface area contributed by atoms with Crippen molar-refractivity contribution in [3.8, 4) is 0 Å². The number of aryl methyl sites for hydroxylation is 1. The molecule has 0 radical (unpaired) electrons. The van der Waals surface area contributed by atoms with Crippen LogP contribution in [-0.2, 0) is 21.4 Å². The number of sulfonamides is 1. The highest BCUT2D eigenvalue weighted by atomic mass is 35.5. The van der Waals surface area contributed by atoms with Gasteiger partial charge in [-0.1, -0.05) is 35.1 Å². The molecule has 0 aliphatic carbocycles. The molecule has 7 nitrogen and oxygen atoms in total. The Labute approximate surface area is 223 Å². The summed E-state index contributed by atoms with van der Waals surface area (Å²) < 4.78 is 41.5. The summed E-state index contributed by atoms with van der Waals surface area (Å²) in [6.07, 6.45) is 2.40. The van der Waals surface area contributed by atoms with Gasteiger partial charge in [0.2, 0.25) is 15.9 Å². The summed E-state index contributed by atoms with van der Waals surface area (Å²) in [4.78, 5) is 24.7. The Morgan fingerprint density at radius 2 is 1.86 bits per heavy atom. The predicted octanol–water partition coefficient (Wildman–Crippen LogP) is 5.43. The van der Waals surface area contributed by atoms with Crippen LogP contribution in [0.2, 0.25) is 5.02 Å². The van der Waals surface area contributed by atoms with Crippen molar-refractivity contribution in [2.45, 2.75) is 31.2 Å². The van der Waals surface area contributed by atoms with Crippen molar-refractivity contribution in [1.29, 1.82) is 0 Å². The molecule has 1 fully saturated rings. The van der Waals surface area contributed by atoms with Gasteiger partial charge >= 0.3 is 0 Å². The number of amides is 1. The third kappa shape index (κ3) is 5.24. The van der Waals surface area contributed by atoms with Crippen LogP contribution >= 0.6 is 22.9 Å². The van der Waals surface area contributed by atoms with E-state index >= 15 is 0 Å². The number of nitrogens with zero attached hydrogens (tertiary/aromatic N) is 4. The van der Waals surface area contributed by atoms with Crippen molar-refractivity contribution in [2.75, 3.05) is 18.0 Å². The molecule has 11 heteroatoms. The fourth-order valence-corrected chi connectivity index (χ4v) is 7.21. The van der Waals surface area contributed by atoms with Gasteiger partial charge in [0.25, 0.3) is 0 Å². The number of hydrogen-bond acceptors (Lipinski definition) is 6. The zero-order chi connectivity index (χ0) is 26.2. The van der Waals surface area contributed by atoms with Crippen molar-refractivity contribution in [1.82, 2.24) is 14.3 Å². The van der Waals surface area contributed by atoms with Gasteiger partial charge in [-0.2, -0.15) is 4.31 Å². The monoisotopic (exact) mass is 558 g/mol. The van der Waals surface area contributed by atoms with E-state index in [1.54, 1.807) is 11.1 Å². The number of thiazole rings is 1. The maximum Gasteiger partial charge on any atom is 0.243 e. The first kappa shape index (κ1) is 25.7. The normalized spacial score (nSPS) is 15.2. The second-order valence-corrected chi connectivity index (χ2v) is 12.2. The lowest BCUT2D eigenvalue weighted by Gasteiger charge is -2.33. The van der Waals surface area contributed by atoms with Crippen molar-refractivity contribution < 1.29 is 17.6 Å². The molecule has 1 saturated heterocycles. The minimum absolute atomic E-state index is 0.0391. The number of halogens is 2. The Balaban J connectivity index is 1.39. The largest absolute Gasteiger partial charge is 0.282 e. The summed E-state index contributed by atoms with van der Waals surface area (Å²) in [5, 5.41) is 1.11. The number of carbonyl (C=O) groups is 1. The van der Waals surface area contributed by atoms with E-state index in [4.69, 9.17) is 16.6 Å². The van der Waals surface area contributed by atoms with Crippen LogP contribution in [-0.4, -0.2) is 41.7 Å². The lowest BCUT2D eigenvalue weighted by molar-refractivity contribution is -0.123. The van der Waals surface area contributed by atoms with Crippen molar-refractivity contribution in [3.05, 3.63) is 82.9 Å². The lowest BCUT2D eigenvalue weighted by Crippen LogP contribution is -2.44. The second kappa shape index (κ2) is 10.4. The van der Waals surface area contributed by atoms with E-state index in [1.165, 1.54) is 27.8 Å². The Kier molecular flexibility index (Phi) is 7.26. The molecule has 1 aliphatic rings. The van der Waals surface area contributed by atoms with Gasteiger partial charge in [-0.3, -0.25) is 14.7 Å². The molecule has 2 aromatic carbocycles. The maximum absolute atomic E-state index is 13.8. The Hall–Kier alpha value is -2.92. The molecule has 192 valence electrons. The maximum atomic E-state index is 13.8. The molecular formula is C26H24ClFN4O3S2. The summed E-state index contributed by atoms with van der Waals surface area (Å²) >= 11 is 7.78. The molecule has 0 atom stereocenters. The molecule has 0 spiro atoms. The molecule has 0 unspecified atom stereocenters. The standard InChI is InChI=1S/C26H24ClFN4O3S2/c1-17-5-10-22(27)24-23(17)30-26(36-24)32(16-20-4-2-3-13-29-20)25(33)18-11-14-31(15-12-18)37(34,35)21-8-6-19(28)7-9-21/h2-10,13,18H,11-12,14-16H2,1H3. The van der Waals surface area contributed by atoms with Gasteiger partial charge in [0.15, 0.2) is 5.13 Å². The van der Waals surface area contributed by atoms with E-state index in [0.29, 0.717) is 28.7 Å². The van der Waals surface area contributed by atoms with E-state index in [-0.39, 0.29) is 36.4 Å². The fourth-order valence-electron chi connectivity index (χ4n) is 4.42. The topological polar surface area (TPSA) is 83.5 Å². The molecule has 0 bridgehead atoms. The molecule has 1 amide bonds. The third-order valence-corrected chi connectivity index (χ3v) is 9.94. The van der Waals surface area contributed by atoms with Crippen LogP contribution in [0.15, 0.2) is 65.7 Å². The highest BCUT2D eigenvalue weighted by molar-refractivity contribution is 7.89. The lowest BCUT2D eigenvalue weighted by atomic mass is 9.96. The molecule has 3 heterocycles. The van der Waals surface area contributed by atoms with Gasteiger partial charge in [-0.25, -0.2) is 17.8 Å². The van der Waals surface area contributed by atoms with Crippen LogP contribution in [0.25, 0.3) is 10.2 Å². The first-order chi connectivity index (χ1) is 17.7. The van der Waals surface area contributed by atoms with E-state index < -0.39 is 15.8 Å². The smallest absolute Gasteiger partial charge is 0.243 e. The zero-order valence-corrected chi connectivity index (χ0v) is 22.4. The number of carbonyl (C=O) groups excluding carboxylic acids is 1. The van der Waals surface area contributed by atoms with E-state index in [1.807, 2.05) is 37.3 Å². The molecule has 5 rings (SSSR count). The second-order valence-electron chi connectivity index (χ2n) is 8.92. The molecule has 2 aromatic heterocycles. The number of pyridine rings is 1. The minimum Gasteiger partial charge on any atom is -0.282 e. The molecule has 0 saturated carbocycles. The van der Waals surface area contributed by atoms with Crippen LogP contribution in [0.1, 0.15) is 24.1 Å². The molecule has 37 heavy (non-hydrogen) atoms. The Bertz CT molecular complexity index is 1500. The van der Waals surface area contributed by atoms with Gasteiger partial charge in [0, 0.05) is 25.2 Å². The number of aromatic nitrogens is 2. The molecule has 4 aromatic rings. The molecule has 1 aliphatic heterocycles. The van der Waals surface area contributed by atoms with Gasteiger partial charge < -0.3 is 0 Å². The average Bonchev–Trinajstić information content (AvgIpc) is 3.37. The van der Waals surface area contributed by atoms with Crippen LogP contribution in [0.4, 0.5) is 9.52 Å². The highest BCUT2D eigenvalue weighted by Gasteiger charge is 2.35. The van der Waals surface area contributed by atoms with Crippen molar-refractivity contribution in [2.24, 2.45) is 5.92 Å². The zero-order valence-electron chi connectivity index (χ0n) is 20.0. The Morgan fingerprint density at radius 3 is 2.51 bits per heavy atom. The number of fused-ring (bicyclic) bond motifs is 1. The van der Waals surface area contributed by atoms with Crippen LogP contribution < -0.4 is 4.90 Å². The minimum atomic E-state index is -3.77. The summed E-state index contributed by atoms with van der Waals surface area (Å²) in [7, 11) is -3.77. The fraction of sp³-hybridized carbons (Fsp3) is 0.269. The van der Waals surface area contributed by atoms with Gasteiger partial charge in [0.1, 0.15) is 5.82 Å². The number of anilines is 1. The highest BCUT2D eigenvalue weighted by Crippen LogP contribution is 2.37. The van der Waals surface area contributed by atoms with Crippen LogP contribution in [0.3, 0.4) is 0 Å². The number of hydrogen-bond donors (Lipinski definition) is 0.